The van der Waals surface area contributed by atoms with E-state index in [2.05, 4.69) is 63.3 Å². The standard InChI is InChI=1S/C20H22N4/c1-4-24-18(10-11-22-17-9-8-15(2)23-14-17)12-19-16(13-21-3)6-5-7-20(19)24/h5-9,12,14,21-22H,4,13H2,1-3H3. The van der Waals surface area contributed by atoms with Crippen LogP contribution < -0.4 is 10.6 Å². The maximum atomic E-state index is 4.26. The first-order valence-electron chi connectivity index (χ1n) is 8.18. The molecule has 3 aromatic rings. The molecule has 0 spiro atoms. The summed E-state index contributed by atoms with van der Waals surface area (Å²) >= 11 is 0. The van der Waals surface area contributed by atoms with E-state index in [0.717, 1.165) is 30.2 Å². The van der Waals surface area contributed by atoms with Gasteiger partial charge >= 0.3 is 0 Å². The first-order valence-corrected chi connectivity index (χ1v) is 8.18. The van der Waals surface area contributed by atoms with Gasteiger partial charge in [-0.25, -0.2) is 0 Å². The zero-order valence-corrected chi connectivity index (χ0v) is 14.4. The van der Waals surface area contributed by atoms with Gasteiger partial charge in [-0.15, -0.1) is 0 Å². The molecule has 122 valence electrons. The highest BCUT2D eigenvalue weighted by molar-refractivity contribution is 5.86. The molecule has 0 atom stereocenters. The van der Waals surface area contributed by atoms with Crippen LogP contribution >= 0.6 is 0 Å². The fraction of sp³-hybridized carbons (Fsp3) is 0.250. The molecule has 0 fully saturated rings. The van der Waals surface area contributed by atoms with Crippen molar-refractivity contribution in [3.8, 4) is 12.0 Å². The number of anilines is 1. The fourth-order valence-corrected chi connectivity index (χ4v) is 2.84. The number of benzene rings is 1. The summed E-state index contributed by atoms with van der Waals surface area (Å²) in [6.07, 6.45) is 1.80. The minimum atomic E-state index is 0.852. The van der Waals surface area contributed by atoms with Gasteiger partial charge in [0.2, 0.25) is 0 Å². The van der Waals surface area contributed by atoms with Crippen molar-refractivity contribution in [2.45, 2.75) is 26.9 Å². The third-order valence-corrected chi connectivity index (χ3v) is 4.03. The van der Waals surface area contributed by atoms with Gasteiger partial charge in [0.1, 0.15) is 0 Å². The highest BCUT2D eigenvalue weighted by atomic mass is 15.0. The molecule has 2 aromatic heterocycles. The summed E-state index contributed by atoms with van der Waals surface area (Å²) < 4.78 is 2.25. The van der Waals surface area contributed by atoms with Crippen molar-refractivity contribution in [1.82, 2.24) is 14.9 Å². The molecule has 0 aliphatic carbocycles. The maximum Gasteiger partial charge on any atom is 0.0949 e. The predicted molar refractivity (Wildman–Crippen MR) is 99.9 cm³/mol. The minimum absolute atomic E-state index is 0.852. The first kappa shape index (κ1) is 16.1. The number of fused-ring (bicyclic) bond motifs is 1. The molecular formula is C20H22N4. The third-order valence-electron chi connectivity index (χ3n) is 4.03. The van der Waals surface area contributed by atoms with E-state index >= 15 is 0 Å². The normalized spacial score (nSPS) is 10.5. The van der Waals surface area contributed by atoms with Crippen LogP contribution in [0.15, 0.2) is 42.6 Å². The molecule has 0 aliphatic heterocycles. The number of hydrogen-bond acceptors (Lipinski definition) is 3. The fourth-order valence-electron chi connectivity index (χ4n) is 2.84. The molecular weight excluding hydrogens is 296 g/mol. The smallest absolute Gasteiger partial charge is 0.0949 e. The quantitative estimate of drug-likeness (QED) is 0.571. The van der Waals surface area contributed by atoms with Crippen LogP contribution in [-0.2, 0) is 13.1 Å². The van der Waals surface area contributed by atoms with Crippen LogP contribution in [0.3, 0.4) is 0 Å². The van der Waals surface area contributed by atoms with Crippen molar-refractivity contribution in [2.75, 3.05) is 12.4 Å². The topological polar surface area (TPSA) is 41.9 Å². The number of nitrogens with one attached hydrogen (secondary N) is 2. The van der Waals surface area contributed by atoms with Gasteiger partial charge in [0.05, 0.1) is 17.6 Å². The van der Waals surface area contributed by atoms with Gasteiger partial charge < -0.3 is 15.2 Å². The molecule has 2 heterocycles. The zero-order valence-electron chi connectivity index (χ0n) is 14.4. The molecule has 0 saturated heterocycles. The van der Waals surface area contributed by atoms with Gasteiger partial charge in [-0.05, 0) is 56.6 Å². The van der Waals surface area contributed by atoms with Gasteiger partial charge in [0.15, 0.2) is 0 Å². The summed E-state index contributed by atoms with van der Waals surface area (Å²) in [5, 5.41) is 7.59. The molecule has 4 heteroatoms. The van der Waals surface area contributed by atoms with Gasteiger partial charge in [-0.2, -0.15) is 0 Å². The van der Waals surface area contributed by atoms with Crippen LogP contribution in [0.4, 0.5) is 5.69 Å². The average Bonchev–Trinajstić information content (AvgIpc) is 2.95. The molecule has 0 bridgehead atoms. The second-order valence-electron chi connectivity index (χ2n) is 5.72. The number of pyridine rings is 1. The van der Waals surface area contributed by atoms with Crippen molar-refractivity contribution in [3.05, 3.63) is 59.5 Å². The Morgan fingerprint density at radius 1 is 1.21 bits per heavy atom. The van der Waals surface area contributed by atoms with E-state index in [-0.39, 0.29) is 0 Å². The SMILES string of the molecule is CCn1c(C#CNc2ccc(C)nc2)cc2c(CNC)cccc21. The Morgan fingerprint density at radius 3 is 2.79 bits per heavy atom. The predicted octanol–water partition coefficient (Wildman–Crippen LogP) is 3.51. The van der Waals surface area contributed by atoms with Crippen molar-refractivity contribution < 1.29 is 0 Å². The van der Waals surface area contributed by atoms with E-state index in [0.29, 0.717) is 0 Å². The summed E-state index contributed by atoms with van der Waals surface area (Å²) in [4.78, 5) is 4.26. The Balaban J connectivity index is 1.93. The molecule has 3 rings (SSSR count). The van der Waals surface area contributed by atoms with Crippen molar-refractivity contribution >= 4 is 16.6 Å². The van der Waals surface area contributed by atoms with Crippen LogP contribution in [0.1, 0.15) is 23.9 Å². The molecule has 0 unspecified atom stereocenters. The Morgan fingerprint density at radius 2 is 2.08 bits per heavy atom. The number of hydrogen-bond donors (Lipinski definition) is 2. The number of aryl methyl sites for hydroxylation is 2. The number of aromatic nitrogens is 2. The lowest BCUT2D eigenvalue weighted by Gasteiger charge is -2.05. The van der Waals surface area contributed by atoms with Crippen molar-refractivity contribution in [2.24, 2.45) is 0 Å². The minimum Gasteiger partial charge on any atom is -0.334 e. The Bertz CT molecular complexity index is 895. The molecule has 4 nitrogen and oxygen atoms in total. The Hall–Kier alpha value is -2.77. The first-order chi connectivity index (χ1) is 11.7. The lowest BCUT2D eigenvalue weighted by atomic mass is 10.1. The average molecular weight is 318 g/mol. The van der Waals surface area contributed by atoms with Crippen LogP contribution in [0, 0.1) is 18.9 Å². The molecule has 0 saturated carbocycles. The number of rotatable bonds is 4. The molecule has 1 aromatic carbocycles. The summed E-state index contributed by atoms with van der Waals surface area (Å²) in [5.41, 5.74) is 5.44. The van der Waals surface area contributed by atoms with Gasteiger partial charge in [-0.3, -0.25) is 4.98 Å². The van der Waals surface area contributed by atoms with E-state index in [1.807, 2.05) is 26.1 Å². The molecule has 0 radical (unpaired) electrons. The van der Waals surface area contributed by atoms with Crippen LogP contribution in [0.2, 0.25) is 0 Å². The number of nitrogens with zero attached hydrogens (tertiary/aromatic N) is 2. The van der Waals surface area contributed by atoms with E-state index in [4.69, 9.17) is 0 Å². The summed E-state index contributed by atoms with van der Waals surface area (Å²) in [7, 11) is 1.97. The lowest BCUT2D eigenvalue weighted by Crippen LogP contribution is -2.05. The van der Waals surface area contributed by atoms with Gasteiger partial charge in [0, 0.05) is 35.7 Å². The van der Waals surface area contributed by atoms with Gasteiger partial charge in [0.25, 0.3) is 0 Å². The largest absolute Gasteiger partial charge is 0.334 e. The summed E-state index contributed by atoms with van der Waals surface area (Å²) in [6, 6.07) is 15.6. The van der Waals surface area contributed by atoms with Crippen molar-refractivity contribution in [3.63, 3.8) is 0 Å². The molecule has 24 heavy (non-hydrogen) atoms. The Labute approximate surface area is 142 Å². The van der Waals surface area contributed by atoms with Crippen molar-refractivity contribution in [1.29, 1.82) is 0 Å². The second kappa shape index (κ2) is 7.20. The van der Waals surface area contributed by atoms with E-state index in [1.54, 1.807) is 6.20 Å². The van der Waals surface area contributed by atoms with E-state index in [9.17, 15) is 0 Å². The van der Waals surface area contributed by atoms with E-state index in [1.165, 1.54) is 16.5 Å². The summed E-state index contributed by atoms with van der Waals surface area (Å²) in [6.45, 7) is 5.86. The monoisotopic (exact) mass is 318 g/mol. The van der Waals surface area contributed by atoms with Crippen LogP contribution in [-0.4, -0.2) is 16.6 Å². The molecule has 0 amide bonds. The highest BCUT2D eigenvalue weighted by Gasteiger charge is 2.08. The molecule has 2 N–H and O–H groups in total. The van der Waals surface area contributed by atoms with Gasteiger partial charge in [-0.1, -0.05) is 12.1 Å². The van der Waals surface area contributed by atoms with Crippen LogP contribution in [0.5, 0.6) is 0 Å². The highest BCUT2D eigenvalue weighted by Crippen LogP contribution is 2.23. The lowest BCUT2D eigenvalue weighted by molar-refractivity contribution is 0.786. The van der Waals surface area contributed by atoms with E-state index < -0.39 is 0 Å². The Kier molecular flexibility index (Phi) is 4.83. The molecule has 0 aliphatic rings. The zero-order chi connectivity index (χ0) is 16.9. The third kappa shape index (κ3) is 3.27. The maximum absolute atomic E-state index is 4.26. The summed E-state index contributed by atoms with van der Waals surface area (Å²) in [5.74, 6) is 3.24. The van der Waals surface area contributed by atoms with Crippen LogP contribution in [0.25, 0.3) is 10.9 Å². The second-order valence-corrected chi connectivity index (χ2v) is 5.72.